The van der Waals surface area contributed by atoms with E-state index in [0.29, 0.717) is 11.1 Å². The van der Waals surface area contributed by atoms with Gasteiger partial charge in [0.25, 0.3) is 0 Å². The van der Waals surface area contributed by atoms with Crippen LogP contribution in [0.15, 0.2) is 12.4 Å². The number of fused-ring (bicyclic) bond motifs is 1. The molecular weight excluding hydrogens is 226 g/mol. The molecule has 2 aliphatic heterocycles. The van der Waals surface area contributed by atoms with Crippen LogP contribution in [-0.2, 0) is 4.74 Å². The van der Waals surface area contributed by atoms with Crippen molar-refractivity contribution in [3.8, 4) is 0 Å². The summed E-state index contributed by atoms with van der Waals surface area (Å²) in [5.41, 5.74) is 0. The van der Waals surface area contributed by atoms with Crippen LogP contribution in [-0.4, -0.2) is 36.3 Å². The second kappa shape index (κ2) is 4.18. The van der Waals surface area contributed by atoms with Crippen molar-refractivity contribution in [2.75, 3.05) is 31.2 Å². The van der Waals surface area contributed by atoms with Crippen LogP contribution in [0.3, 0.4) is 0 Å². The van der Waals surface area contributed by atoms with Crippen LogP contribution in [0.25, 0.3) is 0 Å². The van der Waals surface area contributed by atoms with E-state index in [4.69, 9.17) is 16.3 Å². The molecule has 16 heavy (non-hydrogen) atoms. The lowest BCUT2D eigenvalue weighted by atomic mass is 9.89. The van der Waals surface area contributed by atoms with Crippen molar-refractivity contribution < 1.29 is 4.74 Å². The molecule has 2 saturated heterocycles. The minimum atomic E-state index is 0.500. The summed E-state index contributed by atoms with van der Waals surface area (Å²) in [6, 6.07) is 0. The average Bonchev–Trinajstić information content (AvgIpc) is 2.76. The predicted molar refractivity (Wildman–Crippen MR) is 61.7 cm³/mol. The van der Waals surface area contributed by atoms with E-state index in [9.17, 15) is 0 Å². The van der Waals surface area contributed by atoms with Gasteiger partial charge in [-0.05, 0) is 12.3 Å². The van der Waals surface area contributed by atoms with E-state index >= 15 is 0 Å². The van der Waals surface area contributed by atoms with Gasteiger partial charge in [-0.3, -0.25) is 0 Å². The normalized spacial score (nSPS) is 29.2. The van der Waals surface area contributed by atoms with Gasteiger partial charge in [0.1, 0.15) is 0 Å². The van der Waals surface area contributed by atoms with Crippen molar-refractivity contribution in [3.63, 3.8) is 0 Å². The molecule has 86 valence electrons. The monoisotopic (exact) mass is 239 g/mol. The van der Waals surface area contributed by atoms with Crippen molar-refractivity contribution in [2.24, 2.45) is 11.8 Å². The molecule has 0 N–H and O–H groups in total. The highest BCUT2D eigenvalue weighted by atomic mass is 35.5. The molecule has 2 atom stereocenters. The largest absolute Gasteiger partial charge is 0.381 e. The number of piperidine rings is 1. The number of halogens is 1. The summed E-state index contributed by atoms with van der Waals surface area (Å²) in [6.07, 6.45) is 4.48. The molecule has 5 heteroatoms. The molecule has 3 heterocycles. The van der Waals surface area contributed by atoms with E-state index in [0.717, 1.165) is 44.5 Å². The Morgan fingerprint density at radius 2 is 2.06 bits per heavy atom. The molecule has 4 nitrogen and oxygen atoms in total. The van der Waals surface area contributed by atoms with Gasteiger partial charge in [-0.2, -0.15) is 0 Å². The molecule has 0 saturated carbocycles. The van der Waals surface area contributed by atoms with Gasteiger partial charge in [0.05, 0.1) is 6.61 Å². The molecule has 0 aliphatic carbocycles. The molecule has 0 bridgehead atoms. The number of aromatic nitrogens is 2. The third kappa shape index (κ3) is 1.76. The van der Waals surface area contributed by atoms with E-state index < -0.39 is 0 Å². The zero-order valence-electron chi connectivity index (χ0n) is 8.97. The summed E-state index contributed by atoms with van der Waals surface area (Å²) in [4.78, 5) is 10.6. The quantitative estimate of drug-likeness (QED) is 0.746. The Hall–Kier alpha value is -0.870. The van der Waals surface area contributed by atoms with E-state index in [2.05, 4.69) is 14.9 Å². The molecule has 0 aromatic carbocycles. The first-order chi connectivity index (χ1) is 7.84. The summed E-state index contributed by atoms with van der Waals surface area (Å²) < 4.78 is 5.51. The standard InChI is InChI=1S/C11H14ClN3O/c12-10-11(14-3-2-13-10)15-4-1-8-6-16-7-9(8)5-15/h2-3,8-9H,1,4-7H2/t8-,9-/m0/s1. The van der Waals surface area contributed by atoms with Gasteiger partial charge in [-0.25, -0.2) is 9.97 Å². The number of hydrogen-bond donors (Lipinski definition) is 0. The Balaban J connectivity index is 1.79. The van der Waals surface area contributed by atoms with Gasteiger partial charge in [0.2, 0.25) is 0 Å². The summed E-state index contributed by atoms with van der Waals surface area (Å²) >= 11 is 6.05. The van der Waals surface area contributed by atoms with Crippen LogP contribution in [0.2, 0.25) is 5.15 Å². The predicted octanol–water partition coefficient (Wildman–Crippen LogP) is 1.60. The van der Waals surface area contributed by atoms with Crippen LogP contribution >= 0.6 is 11.6 Å². The molecule has 1 aromatic heterocycles. The second-order valence-corrected chi connectivity index (χ2v) is 4.82. The van der Waals surface area contributed by atoms with Crippen LogP contribution in [0.4, 0.5) is 5.82 Å². The van der Waals surface area contributed by atoms with Crippen molar-refractivity contribution in [1.29, 1.82) is 0 Å². The van der Waals surface area contributed by atoms with Gasteiger partial charge in [0.15, 0.2) is 11.0 Å². The third-order valence-electron chi connectivity index (χ3n) is 3.49. The average molecular weight is 240 g/mol. The van der Waals surface area contributed by atoms with Crippen LogP contribution in [0.1, 0.15) is 6.42 Å². The summed E-state index contributed by atoms with van der Waals surface area (Å²) in [5.74, 6) is 2.17. The van der Waals surface area contributed by atoms with E-state index in [1.165, 1.54) is 0 Å². The topological polar surface area (TPSA) is 38.2 Å². The molecule has 2 fully saturated rings. The lowest BCUT2D eigenvalue weighted by Crippen LogP contribution is -2.40. The first-order valence-corrected chi connectivity index (χ1v) is 6.01. The smallest absolute Gasteiger partial charge is 0.171 e. The summed E-state index contributed by atoms with van der Waals surface area (Å²) in [6.45, 7) is 3.79. The molecule has 1 aromatic rings. The lowest BCUT2D eigenvalue weighted by molar-refractivity contribution is 0.182. The zero-order valence-corrected chi connectivity index (χ0v) is 9.73. The zero-order chi connectivity index (χ0) is 11.0. The van der Waals surface area contributed by atoms with Gasteiger partial charge < -0.3 is 9.64 Å². The first-order valence-electron chi connectivity index (χ1n) is 5.64. The van der Waals surface area contributed by atoms with Crippen LogP contribution < -0.4 is 4.90 Å². The minimum Gasteiger partial charge on any atom is -0.381 e. The lowest BCUT2D eigenvalue weighted by Gasteiger charge is -2.34. The Labute approximate surface area is 99.6 Å². The highest BCUT2D eigenvalue weighted by Crippen LogP contribution is 2.32. The van der Waals surface area contributed by atoms with Crippen molar-refractivity contribution >= 4 is 17.4 Å². The van der Waals surface area contributed by atoms with E-state index in [-0.39, 0.29) is 0 Å². The maximum absolute atomic E-state index is 6.05. The second-order valence-electron chi connectivity index (χ2n) is 4.46. The maximum atomic E-state index is 6.05. The number of hydrogen-bond acceptors (Lipinski definition) is 4. The molecule has 3 rings (SSSR count). The summed E-state index contributed by atoms with van der Waals surface area (Å²) in [7, 11) is 0. The van der Waals surface area contributed by atoms with Gasteiger partial charge in [-0.1, -0.05) is 11.6 Å². The fourth-order valence-corrected chi connectivity index (χ4v) is 2.80. The fourth-order valence-electron chi connectivity index (χ4n) is 2.58. The van der Waals surface area contributed by atoms with Gasteiger partial charge in [-0.15, -0.1) is 0 Å². The molecule has 2 aliphatic rings. The van der Waals surface area contributed by atoms with Crippen molar-refractivity contribution in [3.05, 3.63) is 17.5 Å². The van der Waals surface area contributed by atoms with Crippen LogP contribution in [0.5, 0.6) is 0 Å². The minimum absolute atomic E-state index is 0.500. The molecule has 0 spiro atoms. The molecular formula is C11H14ClN3O. The van der Waals surface area contributed by atoms with Crippen molar-refractivity contribution in [1.82, 2.24) is 9.97 Å². The van der Waals surface area contributed by atoms with Crippen LogP contribution in [0, 0.1) is 11.8 Å². The van der Waals surface area contributed by atoms with Crippen molar-refractivity contribution in [2.45, 2.75) is 6.42 Å². The number of anilines is 1. The van der Waals surface area contributed by atoms with E-state index in [1.54, 1.807) is 12.4 Å². The SMILES string of the molecule is Clc1nccnc1N1CC[C@H]2COC[C@@H]2C1. The molecule has 0 unspecified atom stereocenters. The molecule has 0 radical (unpaired) electrons. The summed E-state index contributed by atoms with van der Waals surface area (Å²) in [5, 5.41) is 0.500. The van der Waals surface area contributed by atoms with Gasteiger partial charge >= 0.3 is 0 Å². The maximum Gasteiger partial charge on any atom is 0.171 e. The number of nitrogens with zero attached hydrogens (tertiary/aromatic N) is 3. The number of rotatable bonds is 1. The Bertz CT molecular complexity index is 387. The molecule has 0 amide bonds. The fraction of sp³-hybridized carbons (Fsp3) is 0.636. The van der Waals surface area contributed by atoms with Gasteiger partial charge in [0, 0.05) is 38.0 Å². The third-order valence-corrected chi connectivity index (χ3v) is 3.76. The Morgan fingerprint density at radius 3 is 2.94 bits per heavy atom. The highest BCUT2D eigenvalue weighted by Gasteiger charge is 2.34. The Kier molecular flexibility index (Phi) is 2.69. The number of ether oxygens (including phenoxy) is 1. The first kappa shape index (κ1) is 10.3. The Morgan fingerprint density at radius 1 is 1.25 bits per heavy atom. The van der Waals surface area contributed by atoms with E-state index in [1.807, 2.05) is 0 Å². The highest BCUT2D eigenvalue weighted by molar-refractivity contribution is 6.31.